The normalized spacial score (nSPS) is 12.1. The van der Waals surface area contributed by atoms with Gasteiger partial charge in [-0.15, -0.1) is 0 Å². The number of carbonyl (C=O) groups is 1. The maximum Gasteiger partial charge on any atom is 0.332 e. The van der Waals surface area contributed by atoms with Gasteiger partial charge in [-0.05, 0) is 18.9 Å². The molecule has 0 amide bonds. The lowest BCUT2D eigenvalue weighted by atomic mass is 10.1. The predicted molar refractivity (Wildman–Crippen MR) is 88.6 cm³/mol. The van der Waals surface area contributed by atoms with Crippen LogP contribution in [-0.2, 0) is 4.79 Å². The molecule has 21 heavy (non-hydrogen) atoms. The zero-order valence-corrected chi connectivity index (χ0v) is 13.5. The van der Waals surface area contributed by atoms with Crippen LogP contribution in [0, 0.1) is 0 Å². The van der Waals surface area contributed by atoms with E-state index in [9.17, 15) is 9.90 Å². The fraction of sp³-hybridized carbons (Fsp3) is 0.722. The van der Waals surface area contributed by atoms with E-state index in [1.807, 2.05) is 6.08 Å². The number of allylic oxidation sites excluding steroid dienone is 2. The maximum atomic E-state index is 10.3. The highest BCUT2D eigenvalue weighted by atomic mass is 16.4. The van der Waals surface area contributed by atoms with Gasteiger partial charge in [0.05, 0.1) is 6.08 Å². The molecule has 0 aliphatic carbocycles. The molecule has 122 valence electrons. The lowest BCUT2D eigenvalue weighted by molar-refractivity contribution is -0.131. The minimum Gasteiger partial charge on any atom is -0.508 e. The van der Waals surface area contributed by atoms with Crippen LogP contribution in [0.3, 0.4) is 0 Å². The molecule has 0 aromatic rings. The summed E-state index contributed by atoms with van der Waals surface area (Å²) in [5.41, 5.74) is 0. The van der Waals surface area contributed by atoms with Crippen LogP contribution in [0.4, 0.5) is 0 Å². The highest BCUT2D eigenvalue weighted by molar-refractivity contribution is 5.80. The van der Waals surface area contributed by atoms with Crippen molar-refractivity contribution in [2.45, 2.75) is 84.0 Å². The van der Waals surface area contributed by atoms with Gasteiger partial charge in [-0.25, -0.2) is 4.79 Å². The molecule has 0 aromatic heterocycles. The zero-order valence-electron chi connectivity index (χ0n) is 13.5. The second kappa shape index (κ2) is 15.1. The maximum absolute atomic E-state index is 10.3. The van der Waals surface area contributed by atoms with Crippen LogP contribution in [0.1, 0.15) is 84.0 Å². The molecule has 3 nitrogen and oxygen atoms in total. The molecule has 2 N–H and O–H groups in total. The molecular formula is C18H32O3. The molecule has 0 unspecified atom stereocenters. The summed E-state index contributed by atoms with van der Waals surface area (Å²) in [5, 5.41) is 17.6. The van der Waals surface area contributed by atoms with Crippen LogP contribution < -0.4 is 0 Å². The van der Waals surface area contributed by atoms with Gasteiger partial charge >= 0.3 is 5.97 Å². The molecule has 0 rings (SSSR count). The topological polar surface area (TPSA) is 57.5 Å². The molecule has 0 saturated heterocycles. The standard InChI is InChI=1S/C18H32O3/c1-2-3-4-5-6-7-8-9-10-11-12-13-14-15-17(19)16-18(20)21/h14-16,19H,2-13H2,1H3,(H,20,21). The van der Waals surface area contributed by atoms with Crippen molar-refractivity contribution >= 4 is 5.97 Å². The third-order valence-corrected chi connectivity index (χ3v) is 3.53. The summed E-state index contributed by atoms with van der Waals surface area (Å²) in [6.45, 7) is 2.25. The number of carboxylic acids is 1. The number of hydrogen-bond donors (Lipinski definition) is 2. The lowest BCUT2D eigenvalue weighted by Crippen LogP contribution is -1.89. The van der Waals surface area contributed by atoms with E-state index in [1.165, 1.54) is 70.3 Å². The summed E-state index contributed by atoms with van der Waals surface area (Å²) in [6.07, 6.45) is 19.5. The Morgan fingerprint density at radius 2 is 1.29 bits per heavy atom. The van der Waals surface area contributed by atoms with Crippen LogP contribution in [0.25, 0.3) is 0 Å². The van der Waals surface area contributed by atoms with Gasteiger partial charge in [0.1, 0.15) is 5.76 Å². The van der Waals surface area contributed by atoms with E-state index in [4.69, 9.17) is 5.11 Å². The molecular weight excluding hydrogens is 264 g/mol. The van der Waals surface area contributed by atoms with Crippen molar-refractivity contribution in [3.8, 4) is 0 Å². The zero-order chi connectivity index (χ0) is 15.8. The third-order valence-electron chi connectivity index (χ3n) is 3.53. The Bertz CT molecular complexity index is 306. The summed E-state index contributed by atoms with van der Waals surface area (Å²) in [5.74, 6) is -1.31. The minimum absolute atomic E-state index is 0.189. The second-order valence-electron chi connectivity index (χ2n) is 5.63. The molecule has 0 saturated carbocycles. The molecule has 0 aromatic carbocycles. The summed E-state index contributed by atoms with van der Waals surface area (Å²) in [7, 11) is 0. The first-order valence-corrected chi connectivity index (χ1v) is 8.47. The summed E-state index contributed by atoms with van der Waals surface area (Å²) in [6, 6.07) is 0. The van der Waals surface area contributed by atoms with Gasteiger partial charge in [0.15, 0.2) is 0 Å². The summed E-state index contributed by atoms with van der Waals surface area (Å²) in [4.78, 5) is 10.3. The van der Waals surface area contributed by atoms with Crippen LogP contribution >= 0.6 is 0 Å². The SMILES string of the molecule is CCCCCCCCCCCCCC=CC(O)=CC(=O)O. The average molecular weight is 296 g/mol. The largest absolute Gasteiger partial charge is 0.508 e. The van der Waals surface area contributed by atoms with Crippen molar-refractivity contribution in [2.75, 3.05) is 0 Å². The van der Waals surface area contributed by atoms with Crippen molar-refractivity contribution in [1.82, 2.24) is 0 Å². The van der Waals surface area contributed by atoms with Gasteiger partial charge in [-0.3, -0.25) is 0 Å². The first-order chi connectivity index (χ1) is 10.2. The molecule has 0 radical (unpaired) electrons. The van der Waals surface area contributed by atoms with Crippen LogP contribution in [0.5, 0.6) is 0 Å². The Hall–Kier alpha value is -1.25. The molecule has 0 aliphatic rings. The number of aliphatic hydroxyl groups is 1. The van der Waals surface area contributed by atoms with Gasteiger partial charge in [0.2, 0.25) is 0 Å². The highest BCUT2D eigenvalue weighted by Crippen LogP contribution is 2.12. The van der Waals surface area contributed by atoms with Gasteiger partial charge in [-0.2, -0.15) is 0 Å². The fourth-order valence-electron chi connectivity index (χ4n) is 2.31. The Labute approximate surface area is 129 Å². The van der Waals surface area contributed by atoms with Crippen molar-refractivity contribution in [1.29, 1.82) is 0 Å². The Morgan fingerprint density at radius 3 is 1.76 bits per heavy atom. The summed E-state index contributed by atoms with van der Waals surface area (Å²) < 4.78 is 0. The first-order valence-electron chi connectivity index (χ1n) is 8.47. The number of hydrogen-bond acceptors (Lipinski definition) is 2. The van der Waals surface area contributed by atoms with Crippen LogP contribution in [0.2, 0.25) is 0 Å². The van der Waals surface area contributed by atoms with E-state index in [0.29, 0.717) is 0 Å². The van der Waals surface area contributed by atoms with Crippen LogP contribution in [-0.4, -0.2) is 16.2 Å². The van der Waals surface area contributed by atoms with Crippen molar-refractivity contribution in [3.05, 3.63) is 24.0 Å². The molecule has 0 atom stereocenters. The number of rotatable bonds is 14. The molecule has 3 heteroatoms. The second-order valence-corrected chi connectivity index (χ2v) is 5.63. The van der Waals surface area contributed by atoms with Crippen molar-refractivity contribution in [2.24, 2.45) is 0 Å². The molecule has 0 aliphatic heterocycles. The van der Waals surface area contributed by atoms with E-state index in [2.05, 4.69) is 6.92 Å². The van der Waals surface area contributed by atoms with E-state index < -0.39 is 5.97 Å². The highest BCUT2D eigenvalue weighted by Gasteiger charge is 1.93. The Kier molecular flexibility index (Phi) is 14.2. The van der Waals surface area contributed by atoms with Crippen molar-refractivity contribution in [3.63, 3.8) is 0 Å². The third kappa shape index (κ3) is 16.7. The number of aliphatic hydroxyl groups excluding tert-OH is 1. The van der Waals surface area contributed by atoms with Crippen molar-refractivity contribution < 1.29 is 15.0 Å². The monoisotopic (exact) mass is 296 g/mol. The molecule has 0 bridgehead atoms. The van der Waals surface area contributed by atoms with Gasteiger partial charge in [0.25, 0.3) is 0 Å². The number of carboxylic acid groups (broad SMARTS) is 1. The molecule has 0 heterocycles. The molecule has 0 fully saturated rings. The van der Waals surface area contributed by atoms with E-state index in [-0.39, 0.29) is 5.76 Å². The molecule has 0 spiro atoms. The summed E-state index contributed by atoms with van der Waals surface area (Å²) >= 11 is 0. The van der Waals surface area contributed by atoms with Gasteiger partial charge in [-0.1, -0.05) is 77.2 Å². The quantitative estimate of drug-likeness (QED) is 0.185. The van der Waals surface area contributed by atoms with E-state index >= 15 is 0 Å². The van der Waals surface area contributed by atoms with Gasteiger partial charge in [0, 0.05) is 0 Å². The Morgan fingerprint density at radius 1 is 0.810 bits per heavy atom. The van der Waals surface area contributed by atoms with Crippen LogP contribution in [0.15, 0.2) is 24.0 Å². The fourth-order valence-corrected chi connectivity index (χ4v) is 2.31. The average Bonchev–Trinajstić information content (AvgIpc) is 2.43. The first kappa shape index (κ1) is 19.8. The van der Waals surface area contributed by atoms with E-state index in [0.717, 1.165) is 18.9 Å². The lowest BCUT2D eigenvalue weighted by Gasteiger charge is -2.01. The minimum atomic E-state index is -1.12. The van der Waals surface area contributed by atoms with E-state index in [1.54, 1.807) is 0 Å². The number of unbranched alkanes of at least 4 members (excludes halogenated alkanes) is 11. The predicted octanol–water partition coefficient (Wildman–Crippen LogP) is 5.77. The van der Waals surface area contributed by atoms with Gasteiger partial charge < -0.3 is 10.2 Å². The smallest absolute Gasteiger partial charge is 0.332 e. The Balaban J connectivity index is 3.26. The number of aliphatic carboxylic acids is 1.